The Morgan fingerprint density at radius 3 is 2.53 bits per heavy atom. The lowest BCUT2D eigenvalue weighted by Crippen LogP contribution is -2.32. The van der Waals surface area contributed by atoms with Crippen LogP contribution in [0.5, 0.6) is 0 Å². The van der Waals surface area contributed by atoms with Gasteiger partial charge in [-0.3, -0.25) is 4.68 Å². The third-order valence-corrected chi connectivity index (χ3v) is 4.42. The summed E-state index contributed by atoms with van der Waals surface area (Å²) in [6, 6.07) is 2.01. The number of hydrogen-bond acceptors (Lipinski definition) is 3. The Bertz CT molecular complexity index is 463. The summed E-state index contributed by atoms with van der Waals surface area (Å²) in [5, 5.41) is 3.94. The average molecular weight is 259 g/mol. The quantitative estimate of drug-likeness (QED) is 0.781. The number of aromatic nitrogens is 2. The largest absolute Gasteiger partial charge is 0.270 e. The van der Waals surface area contributed by atoms with Gasteiger partial charge in [0.15, 0.2) is 0 Å². The van der Waals surface area contributed by atoms with E-state index >= 15 is 0 Å². The van der Waals surface area contributed by atoms with Crippen LogP contribution in [0.3, 0.4) is 0 Å². The number of sulfonamides is 1. The van der Waals surface area contributed by atoms with Crippen LogP contribution < -0.4 is 4.72 Å². The summed E-state index contributed by atoms with van der Waals surface area (Å²) in [6.07, 6.45) is 0.744. The monoisotopic (exact) mass is 259 g/mol. The first-order valence-corrected chi connectivity index (χ1v) is 7.37. The van der Waals surface area contributed by atoms with Crippen LogP contribution in [0.4, 0.5) is 0 Å². The van der Waals surface area contributed by atoms with E-state index in [-0.39, 0.29) is 5.25 Å². The van der Waals surface area contributed by atoms with E-state index in [0.717, 1.165) is 24.4 Å². The van der Waals surface area contributed by atoms with Crippen molar-refractivity contribution in [1.29, 1.82) is 0 Å². The minimum atomic E-state index is -3.14. The van der Waals surface area contributed by atoms with Crippen LogP contribution in [0.1, 0.15) is 31.7 Å². The SMILES string of the molecule is Cc1cc(C)n(CCCNS(=O)(=O)C(C)C)n1. The van der Waals surface area contributed by atoms with Crippen molar-refractivity contribution in [1.82, 2.24) is 14.5 Å². The summed E-state index contributed by atoms with van der Waals surface area (Å²) in [4.78, 5) is 0. The van der Waals surface area contributed by atoms with Crippen molar-refractivity contribution in [2.75, 3.05) is 6.54 Å². The van der Waals surface area contributed by atoms with Crippen LogP contribution >= 0.6 is 0 Å². The molecule has 0 saturated carbocycles. The number of aryl methyl sites for hydroxylation is 3. The second-order valence-corrected chi connectivity index (χ2v) is 6.81. The second kappa shape index (κ2) is 5.64. The molecule has 1 rings (SSSR count). The van der Waals surface area contributed by atoms with Crippen LogP contribution in [-0.4, -0.2) is 30.0 Å². The molecule has 1 heterocycles. The number of nitrogens with zero attached hydrogens (tertiary/aromatic N) is 2. The van der Waals surface area contributed by atoms with Crippen molar-refractivity contribution in [3.8, 4) is 0 Å². The molecule has 98 valence electrons. The predicted molar refractivity (Wildman–Crippen MR) is 68.4 cm³/mol. The molecule has 0 fully saturated rings. The van der Waals surface area contributed by atoms with Gasteiger partial charge in [-0.15, -0.1) is 0 Å². The third-order valence-electron chi connectivity index (χ3n) is 2.57. The molecule has 0 aliphatic carbocycles. The van der Waals surface area contributed by atoms with Crippen molar-refractivity contribution >= 4 is 10.0 Å². The Hall–Kier alpha value is -0.880. The average Bonchev–Trinajstić information content (AvgIpc) is 2.52. The highest BCUT2D eigenvalue weighted by Gasteiger charge is 2.14. The van der Waals surface area contributed by atoms with E-state index in [0.29, 0.717) is 6.54 Å². The zero-order chi connectivity index (χ0) is 13.1. The molecule has 0 radical (unpaired) electrons. The molecular weight excluding hydrogens is 238 g/mol. The van der Waals surface area contributed by atoms with Gasteiger partial charge in [-0.05, 0) is 40.2 Å². The highest BCUT2D eigenvalue weighted by atomic mass is 32.2. The summed E-state index contributed by atoms with van der Waals surface area (Å²) >= 11 is 0. The molecule has 1 aromatic heterocycles. The van der Waals surface area contributed by atoms with Gasteiger partial charge in [-0.25, -0.2) is 13.1 Å². The summed E-state index contributed by atoms with van der Waals surface area (Å²) < 4.78 is 27.4. The summed E-state index contributed by atoms with van der Waals surface area (Å²) in [5.74, 6) is 0. The molecule has 0 spiro atoms. The highest BCUT2D eigenvalue weighted by Crippen LogP contribution is 2.02. The lowest BCUT2D eigenvalue weighted by molar-refractivity contribution is 0.540. The van der Waals surface area contributed by atoms with Gasteiger partial charge in [-0.1, -0.05) is 0 Å². The Morgan fingerprint density at radius 2 is 2.06 bits per heavy atom. The molecule has 0 bridgehead atoms. The molecule has 0 aromatic carbocycles. The minimum Gasteiger partial charge on any atom is -0.270 e. The van der Waals surface area contributed by atoms with Gasteiger partial charge in [0.05, 0.1) is 10.9 Å². The molecule has 1 aromatic rings. The third kappa shape index (κ3) is 4.12. The van der Waals surface area contributed by atoms with E-state index in [9.17, 15) is 8.42 Å². The topological polar surface area (TPSA) is 64.0 Å². The van der Waals surface area contributed by atoms with Gasteiger partial charge in [0.1, 0.15) is 0 Å². The maximum Gasteiger partial charge on any atom is 0.213 e. The van der Waals surface area contributed by atoms with E-state index in [2.05, 4.69) is 9.82 Å². The molecule has 0 aliphatic rings. The van der Waals surface area contributed by atoms with Gasteiger partial charge in [0.2, 0.25) is 10.0 Å². The Balaban J connectivity index is 2.37. The zero-order valence-electron chi connectivity index (χ0n) is 10.9. The zero-order valence-corrected chi connectivity index (χ0v) is 11.7. The van der Waals surface area contributed by atoms with Crippen molar-refractivity contribution in [3.05, 3.63) is 17.5 Å². The molecule has 0 aliphatic heterocycles. The molecular formula is C11H21N3O2S. The Labute approximate surface area is 103 Å². The Kier molecular flexibility index (Phi) is 4.70. The van der Waals surface area contributed by atoms with Gasteiger partial charge in [0, 0.05) is 18.8 Å². The van der Waals surface area contributed by atoms with Crippen molar-refractivity contribution in [2.24, 2.45) is 0 Å². The first-order valence-electron chi connectivity index (χ1n) is 5.82. The fraction of sp³-hybridized carbons (Fsp3) is 0.727. The van der Waals surface area contributed by atoms with Crippen molar-refractivity contribution < 1.29 is 8.42 Å². The second-order valence-electron chi connectivity index (χ2n) is 4.49. The van der Waals surface area contributed by atoms with Crippen molar-refractivity contribution in [2.45, 2.75) is 45.9 Å². The van der Waals surface area contributed by atoms with Crippen LogP contribution in [-0.2, 0) is 16.6 Å². The van der Waals surface area contributed by atoms with E-state index in [1.165, 1.54) is 0 Å². The summed E-state index contributed by atoms with van der Waals surface area (Å²) in [6.45, 7) is 8.48. The van der Waals surface area contributed by atoms with Gasteiger partial charge in [-0.2, -0.15) is 5.10 Å². The maximum absolute atomic E-state index is 11.5. The van der Waals surface area contributed by atoms with Gasteiger partial charge >= 0.3 is 0 Å². The minimum absolute atomic E-state index is 0.379. The molecule has 0 atom stereocenters. The van der Waals surface area contributed by atoms with Gasteiger partial charge < -0.3 is 0 Å². The van der Waals surface area contributed by atoms with Crippen LogP contribution in [0.2, 0.25) is 0 Å². The summed E-state index contributed by atoms with van der Waals surface area (Å²) in [7, 11) is -3.14. The molecule has 1 N–H and O–H groups in total. The molecule has 0 amide bonds. The fourth-order valence-electron chi connectivity index (χ4n) is 1.51. The van der Waals surface area contributed by atoms with Crippen molar-refractivity contribution in [3.63, 3.8) is 0 Å². The first-order chi connectivity index (χ1) is 7.83. The number of hydrogen-bond donors (Lipinski definition) is 1. The van der Waals surface area contributed by atoms with E-state index in [1.807, 2.05) is 24.6 Å². The van der Waals surface area contributed by atoms with E-state index in [1.54, 1.807) is 13.8 Å². The lowest BCUT2D eigenvalue weighted by Gasteiger charge is -2.09. The molecule has 5 nitrogen and oxygen atoms in total. The van der Waals surface area contributed by atoms with E-state index in [4.69, 9.17) is 0 Å². The first kappa shape index (κ1) is 14.2. The molecule has 17 heavy (non-hydrogen) atoms. The maximum atomic E-state index is 11.5. The lowest BCUT2D eigenvalue weighted by atomic mass is 10.4. The van der Waals surface area contributed by atoms with Crippen LogP contribution in [0, 0.1) is 13.8 Å². The van der Waals surface area contributed by atoms with Gasteiger partial charge in [0.25, 0.3) is 0 Å². The van der Waals surface area contributed by atoms with Crippen LogP contribution in [0.25, 0.3) is 0 Å². The smallest absolute Gasteiger partial charge is 0.213 e. The van der Waals surface area contributed by atoms with Crippen LogP contribution in [0.15, 0.2) is 6.07 Å². The molecule has 6 heteroatoms. The number of rotatable bonds is 6. The predicted octanol–water partition coefficient (Wildman–Crippen LogP) is 1.22. The Morgan fingerprint density at radius 1 is 1.41 bits per heavy atom. The van der Waals surface area contributed by atoms with E-state index < -0.39 is 10.0 Å². The fourth-order valence-corrected chi connectivity index (χ4v) is 2.27. The number of nitrogens with one attached hydrogen (secondary N) is 1. The highest BCUT2D eigenvalue weighted by molar-refractivity contribution is 7.90. The standard InChI is InChI=1S/C11H21N3O2S/c1-9(2)17(15,16)12-6-5-7-14-11(4)8-10(3)13-14/h8-9,12H,5-7H2,1-4H3. The molecule has 0 unspecified atom stereocenters. The summed E-state index contributed by atoms with van der Waals surface area (Å²) in [5.41, 5.74) is 2.10. The molecule has 0 saturated heterocycles. The normalized spacial score (nSPS) is 12.3.